The van der Waals surface area contributed by atoms with Crippen LogP contribution in [0.3, 0.4) is 0 Å². The van der Waals surface area contributed by atoms with Crippen LogP contribution in [-0.2, 0) is 26.2 Å². The third-order valence-electron chi connectivity index (χ3n) is 2.94. The molecule has 114 valence electrons. The largest absolute Gasteiger partial charge is 0.416 e. The molecule has 0 aliphatic rings. The molecular weight excluding hydrogens is 288 g/mol. The number of alkyl halides is 3. The Hall–Kier alpha value is -1.96. The predicted molar refractivity (Wildman–Crippen MR) is 67.8 cm³/mol. The van der Waals surface area contributed by atoms with E-state index in [9.17, 15) is 17.6 Å². The fourth-order valence-electron chi connectivity index (χ4n) is 1.88. The van der Waals surface area contributed by atoms with Crippen LogP contribution < -0.4 is 5.32 Å². The fraction of sp³-hybridized carbons (Fsp3) is 0.385. The van der Waals surface area contributed by atoms with Crippen molar-refractivity contribution in [2.75, 3.05) is 6.54 Å². The highest BCUT2D eigenvalue weighted by atomic mass is 19.4. The SMILES string of the molecule is Cn1cnnc1CCNCc1cc(F)cc(C(F)(F)F)c1. The second kappa shape index (κ2) is 6.21. The molecule has 1 heterocycles. The second-order valence-corrected chi connectivity index (χ2v) is 4.63. The highest BCUT2D eigenvalue weighted by Crippen LogP contribution is 2.30. The van der Waals surface area contributed by atoms with E-state index in [-0.39, 0.29) is 12.1 Å². The van der Waals surface area contributed by atoms with Crippen molar-refractivity contribution in [2.24, 2.45) is 7.05 Å². The van der Waals surface area contributed by atoms with E-state index >= 15 is 0 Å². The molecule has 0 spiro atoms. The molecule has 0 aliphatic carbocycles. The molecule has 0 saturated carbocycles. The molecule has 1 aromatic carbocycles. The highest BCUT2D eigenvalue weighted by Gasteiger charge is 2.31. The lowest BCUT2D eigenvalue weighted by Crippen LogP contribution is -2.19. The maximum absolute atomic E-state index is 13.2. The maximum Gasteiger partial charge on any atom is 0.416 e. The summed E-state index contributed by atoms with van der Waals surface area (Å²) in [6, 6.07) is 2.52. The second-order valence-electron chi connectivity index (χ2n) is 4.63. The molecule has 1 aromatic heterocycles. The van der Waals surface area contributed by atoms with Crippen molar-refractivity contribution in [1.82, 2.24) is 20.1 Å². The van der Waals surface area contributed by atoms with E-state index in [2.05, 4.69) is 15.5 Å². The summed E-state index contributed by atoms with van der Waals surface area (Å²) >= 11 is 0. The van der Waals surface area contributed by atoms with Crippen LogP contribution in [0, 0.1) is 5.82 Å². The Kier molecular flexibility index (Phi) is 4.56. The molecule has 0 fully saturated rings. The molecular formula is C13H14F4N4. The lowest BCUT2D eigenvalue weighted by atomic mass is 10.1. The summed E-state index contributed by atoms with van der Waals surface area (Å²) in [5.74, 6) is -0.132. The third kappa shape index (κ3) is 4.25. The molecule has 0 atom stereocenters. The van der Waals surface area contributed by atoms with Gasteiger partial charge in [0, 0.05) is 26.6 Å². The van der Waals surface area contributed by atoms with Crippen molar-refractivity contribution < 1.29 is 17.6 Å². The minimum absolute atomic E-state index is 0.151. The summed E-state index contributed by atoms with van der Waals surface area (Å²) in [4.78, 5) is 0. The van der Waals surface area contributed by atoms with Crippen LogP contribution in [0.5, 0.6) is 0 Å². The Morgan fingerprint density at radius 3 is 2.62 bits per heavy atom. The fourth-order valence-corrected chi connectivity index (χ4v) is 1.88. The van der Waals surface area contributed by atoms with Gasteiger partial charge in [0.15, 0.2) is 0 Å². The van der Waals surface area contributed by atoms with Crippen molar-refractivity contribution in [3.05, 3.63) is 47.3 Å². The Bertz CT molecular complexity index is 606. The minimum Gasteiger partial charge on any atom is -0.321 e. The van der Waals surface area contributed by atoms with E-state index in [0.717, 1.165) is 18.0 Å². The van der Waals surface area contributed by atoms with E-state index in [1.54, 1.807) is 17.9 Å². The first-order valence-electron chi connectivity index (χ1n) is 6.26. The summed E-state index contributed by atoms with van der Waals surface area (Å²) < 4.78 is 52.6. The number of nitrogens with one attached hydrogen (secondary N) is 1. The van der Waals surface area contributed by atoms with Crippen LogP contribution >= 0.6 is 0 Å². The molecule has 2 rings (SSSR count). The number of benzene rings is 1. The predicted octanol–water partition coefficient (Wildman–Crippen LogP) is 2.31. The van der Waals surface area contributed by atoms with Gasteiger partial charge in [-0.2, -0.15) is 13.2 Å². The first kappa shape index (κ1) is 15.4. The zero-order chi connectivity index (χ0) is 15.5. The van der Waals surface area contributed by atoms with Gasteiger partial charge in [0.25, 0.3) is 0 Å². The van der Waals surface area contributed by atoms with Gasteiger partial charge in [0.05, 0.1) is 5.56 Å². The van der Waals surface area contributed by atoms with E-state index in [4.69, 9.17) is 0 Å². The summed E-state index contributed by atoms with van der Waals surface area (Å²) in [5, 5.41) is 10.6. The van der Waals surface area contributed by atoms with Crippen molar-refractivity contribution in [3.63, 3.8) is 0 Å². The van der Waals surface area contributed by atoms with Crippen molar-refractivity contribution in [2.45, 2.75) is 19.1 Å². The number of hydrogen-bond donors (Lipinski definition) is 1. The molecule has 8 heteroatoms. The van der Waals surface area contributed by atoms with Crippen LogP contribution in [0.15, 0.2) is 24.5 Å². The standard InChI is InChI=1S/C13H14F4N4/c1-21-8-19-20-12(21)2-3-18-7-9-4-10(13(15,16)17)6-11(14)5-9/h4-6,8,18H,2-3,7H2,1H3. The number of aryl methyl sites for hydroxylation is 1. The van der Waals surface area contributed by atoms with E-state index in [1.807, 2.05) is 0 Å². The van der Waals surface area contributed by atoms with Gasteiger partial charge >= 0.3 is 6.18 Å². The Morgan fingerprint density at radius 1 is 1.24 bits per heavy atom. The van der Waals surface area contributed by atoms with Crippen LogP contribution in [0.4, 0.5) is 17.6 Å². The Labute approximate surface area is 118 Å². The lowest BCUT2D eigenvalue weighted by molar-refractivity contribution is -0.137. The molecule has 0 radical (unpaired) electrons. The van der Waals surface area contributed by atoms with Crippen molar-refractivity contribution >= 4 is 0 Å². The molecule has 1 N–H and O–H groups in total. The molecule has 2 aromatic rings. The van der Waals surface area contributed by atoms with Gasteiger partial charge in [-0.05, 0) is 23.8 Å². The topological polar surface area (TPSA) is 42.7 Å². The molecule has 0 amide bonds. The summed E-state index contributed by atoms with van der Waals surface area (Å²) in [7, 11) is 1.80. The van der Waals surface area contributed by atoms with Crippen LogP contribution in [-0.4, -0.2) is 21.3 Å². The number of nitrogens with zero attached hydrogens (tertiary/aromatic N) is 3. The van der Waals surface area contributed by atoms with Crippen LogP contribution in [0.1, 0.15) is 17.0 Å². The molecule has 4 nitrogen and oxygen atoms in total. The summed E-state index contributed by atoms with van der Waals surface area (Å²) in [6.07, 6.45) is -2.40. The van der Waals surface area contributed by atoms with Crippen molar-refractivity contribution in [1.29, 1.82) is 0 Å². The molecule has 0 saturated heterocycles. The van der Waals surface area contributed by atoms with Gasteiger partial charge in [-0.3, -0.25) is 0 Å². The van der Waals surface area contributed by atoms with Gasteiger partial charge in [0.2, 0.25) is 0 Å². The quantitative estimate of drug-likeness (QED) is 0.681. The monoisotopic (exact) mass is 302 g/mol. The summed E-state index contributed by atoms with van der Waals surface area (Å²) in [5.41, 5.74) is -0.729. The van der Waals surface area contributed by atoms with Crippen LogP contribution in [0.25, 0.3) is 0 Å². The van der Waals surface area contributed by atoms with Gasteiger partial charge in [0.1, 0.15) is 18.0 Å². The maximum atomic E-state index is 13.2. The zero-order valence-electron chi connectivity index (χ0n) is 11.3. The number of rotatable bonds is 5. The average Bonchev–Trinajstić information content (AvgIpc) is 2.79. The molecule has 0 bridgehead atoms. The molecule has 0 aliphatic heterocycles. The molecule has 0 unspecified atom stereocenters. The molecule has 21 heavy (non-hydrogen) atoms. The normalized spacial score (nSPS) is 11.9. The smallest absolute Gasteiger partial charge is 0.321 e. The summed E-state index contributed by atoms with van der Waals surface area (Å²) in [6.45, 7) is 0.656. The highest BCUT2D eigenvalue weighted by molar-refractivity contribution is 5.26. The first-order valence-corrected chi connectivity index (χ1v) is 6.26. The van der Waals surface area contributed by atoms with E-state index < -0.39 is 17.6 Å². The van der Waals surface area contributed by atoms with Gasteiger partial charge < -0.3 is 9.88 Å². The number of hydrogen-bond acceptors (Lipinski definition) is 3. The third-order valence-corrected chi connectivity index (χ3v) is 2.94. The zero-order valence-corrected chi connectivity index (χ0v) is 11.3. The van der Waals surface area contributed by atoms with Gasteiger partial charge in [-0.25, -0.2) is 4.39 Å². The van der Waals surface area contributed by atoms with E-state index in [0.29, 0.717) is 19.0 Å². The first-order chi connectivity index (χ1) is 9.86. The van der Waals surface area contributed by atoms with Crippen LogP contribution in [0.2, 0.25) is 0 Å². The minimum atomic E-state index is -4.55. The van der Waals surface area contributed by atoms with Gasteiger partial charge in [-0.1, -0.05) is 0 Å². The lowest BCUT2D eigenvalue weighted by Gasteiger charge is -2.10. The number of aromatic nitrogens is 3. The average molecular weight is 302 g/mol. The van der Waals surface area contributed by atoms with Gasteiger partial charge in [-0.15, -0.1) is 10.2 Å². The van der Waals surface area contributed by atoms with Crippen molar-refractivity contribution in [3.8, 4) is 0 Å². The Balaban J connectivity index is 1.91. The Morgan fingerprint density at radius 2 is 2.00 bits per heavy atom. The number of halogens is 4. The van der Waals surface area contributed by atoms with E-state index in [1.165, 1.54) is 0 Å².